The molecule has 1 fully saturated rings. The zero-order chi connectivity index (χ0) is 6.85. The predicted molar refractivity (Wildman–Crippen MR) is 36.7 cm³/mol. The molecule has 0 radical (unpaired) electrons. The molecule has 1 aliphatic heterocycles. The summed E-state index contributed by atoms with van der Waals surface area (Å²) in [7, 11) is 0. The van der Waals surface area contributed by atoms with Crippen LogP contribution in [0.1, 0.15) is 0 Å². The van der Waals surface area contributed by atoms with E-state index in [-0.39, 0.29) is 10.8 Å². The topological polar surface area (TPSA) is 32.7 Å². The van der Waals surface area contributed by atoms with E-state index in [1.54, 1.807) is 0 Å². The van der Waals surface area contributed by atoms with Gasteiger partial charge in [0.05, 0.1) is 29.1 Å². The van der Waals surface area contributed by atoms with Crippen LogP contribution in [0.15, 0.2) is 5.29 Å². The number of hydrogen-bond acceptors (Lipinski definition) is 2. The Hall–Kier alpha value is -0.0200. The Morgan fingerprint density at radius 1 is 1.33 bits per heavy atom. The number of rotatable bonds is 1. The molecule has 1 aliphatic rings. The minimum Gasteiger partial charge on any atom is -0.258 e. The molecule has 3 nitrogen and oxygen atoms in total. The molecule has 9 heavy (non-hydrogen) atoms. The van der Waals surface area contributed by atoms with E-state index >= 15 is 0 Å². The highest BCUT2D eigenvalue weighted by Crippen LogP contribution is 2.20. The maximum absolute atomic E-state index is 9.86. The van der Waals surface area contributed by atoms with Gasteiger partial charge in [0, 0.05) is 0 Å². The van der Waals surface area contributed by atoms with Gasteiger partial charge in [-0.3, -0.25) is 5.01 Å². The van der Waals surface area contributed by atoms with E-state index < -0.39 is 0 Å². The summed E-state index contributed by atoms with van der Waals surface area (Å²) in [6, 6.07) is 0. The fourth-order valence-electron chi connectivity index (χ4n) is 0.773. The third-order valence-corrected chi connectivity index (χ3v) is 2.29. The third-order valence-electron chi connectivity index (χ3n) is 1.28. The summed E-state index contributed by atoms with van der Waals surface area (Å²) in [6.07, 6.45) is 0. The Balaban J connectivity index is 2.43. The number of hydrogen-bond donors (Lipinski definition) is 0. The normalized spacial score (nSPS) is 35.1. The second-order valence-corrected chi connectivity index (χ2v) is 3.11. The van der Waals surface area contributed by atoms with Gasteiger partial charge < -0.3 is 0 Å². The highest BCUT2D eigenvalue weighted by atomic mass is 35.5. The summed E-state index contributed by atoms with van der Waals surface area (Å²) in [5.74, 6) is 0. The molecule has 52 valence electrons. The van der Waals surface area contributed by atoms with Crippen LogP contribution in [0.3, 0.4) is 0 Å². The van der Waals surface area contributed by atoms with Crippen LogP contribution in [0.5, 0.6) is 0 Å². The molecule has 5 heteroatoms. The molecule has 0 aromatic carbocycles. The van der Waals surface area contributed by atoms with Gasteiger partial charge >= 0.3 is 0 Å². The van der Waals surface area contributed by atoms with E-state index in [2.05, 4.69) is 5.29 Å². The molecule has 0 aromatic heterocycles. The number of alkyl halides is 2. The summed E-state index contributed by atoms with van der Waals surface area (Å²) in [5.41, 5.74) is 0. The van der Waals surface area contributed by atoms with Crippen molar-refractivity contribution in [3.05, 3.63) is 4.91 Å². The van der Waals surface area contributed by atoms with Crippen LogP contribution in [0.4, 0.5) is 0 Å². The van der Waals surface area contributed by atoms with E-state index in [4.69, 9.17) is 23.2 Å². The maximum Gasteiger partial charge on any atom is 0.0710 e. The molecule has 0 N–H and O–H groups in total. The van der Waals surface area contributed by atoms with Crippen LogP contribution < -0.4 is 0 Å². The molecule has 1 heterocycles. The van der Waals surface area contributed by atoms with E-state index in [1.165, 1.54) is 5.01 Å². The van der Waals surface area contributed by atoms with Crippen LogP contribution >= 0.6 is 23.2 Å². The van der Waals surface area contributed by atoms with Crippen LogP contribution in [0.25, 0.3) is 0 Å². The SMILES string of the molecule is O=NN1CC(Cl)C(Cl)C1. The maximum atomic E-state index is 9.86. The zero-order valence-corrected chi connectivity index (χ0v) is 6.14. The third kappa shape index (κ3) is 1.46. The molecule has 0 bridgehead atoms. The van der Waals surface area contributed by atoms with Gasteiger partial charge in [-0.1, -0.05) is 0 Å². The smallest absolute Gasteiger partial charge is 0.0710 e. The van der Waals surface area contributed by atoms with Crippen molar-refractivity contribution in [2.24, 2.45) is 5.29 Å². The Bertz CT molecular complexity index is 111. The molecule has 0 aromatic rings. The fourth-order valence-corrected chi connectivity index (χ4v) is 1.25. The summed E-state index contributed by atoms with van der Waals surface area (Å²) in [5, 5.41) is 3.76. The molecule has 0 spiro atoms. The molecule has 1 saturated heterocycles. The van der Waals surface area contributed by atoms with Crippen molar-refractivity contribution >= 4 is 23.2 Å². The van der Waals surface area contributed by atoms with E-state index in [1.807, 2.05) is 0 Å². The summed E-state index contributed by atoms with van der Waals surface area (Å²) in [6.45, 7) is 0.943. The van der Waals surface area contributed by atoms with Crippen LogP contribution in [-0.2, 0) is 0 Å². The lowest BCUT2D eigenvalue weighted by Crippen LogP contribution is -2.12. The van der Waals surface area contributed by atoms with Gasteiger partial charge in [0.25, 0.3) is 0 Å². The van der Waals surface area contributed by atoms with Crippen molar-refractivity contribution in [3.8, 4) is 0 Å². The lowest BCUT2D eigenvalue weighted by atomic mass is 10.4. The van der Waals surface area contributed by atoms with Crippen molar-refractivity contribution in [2.45, 2.75) is 10.8 Å². The van der Waals surface area contributed by atoms with Crippen molar-refractivity contribution in [3.63, 3.8) is 0 Å². The summed E-state index contributed by atoms with van der Waals surface area (Å²) >= 11 is 11.3. The zero-order valence-electron chi connectivity index (χ0n) is 4.63. The fraction of sp³-hybridized carbons (Fsp3) is 1.00. The van der Waals surface area contributed by atoms with Gasteiger partial charge in [0.1, 0.15) is 0 Å². The molecular formula is C4H6Cl2N2O. The molecule has 0 amide bonds. The van der Waals surface area contributed by atoms with Gasteiger partial charge in [-0.05, 0) is 0 Å². The van der Waals surface area contributed by atoms with E-state index in [9.17, 15) is 4.91 Å². The van der Waals surface area contributed by atoms with Gasteiger partial charge in [-0.15, -0.1) is 28.1 Å². The average molecular weight is 169 g/mol. The Kier molecular flexibility index (Phi) is 2.13. The van der Waals surface area contributed by atoms with Gasteiger partial charge in [0.15, 0.2) is 0 Å². The van der Waals surface area contributed by atoms with Gasteiger partial charge in [-0.25, -0.2) is 0 Å². The van der Waals surface area contributed by atoms with Crippen molar-refractivity contribution < 1.29 is 0 Å². The number of halogens is 2. The largest absolute Gasteiger partial charge is 0.258 e. The van der Waals surface area contributed by atoms with Gasteiger partial charge in [-0.2, -0.15) is 0 Å². The number of nitroso groups, excluding NO2 is 1. The van der Waals surface area contributed by atoms with Crippen LogP contribution in [0, 0.1) is 4.91 Å². The lowest BCUT2D eigenvalue weighted by molar-refractivity contribution is 0.356. The highest BCUT2D eigenvalue weighted by Gasteiger charge is 2.29. The molecule has 0 aliphatic carbocycles. The van der Waals surface area contributed by atoms with E-state index in [0.717, 1.165) is 0 Å². The highest BCUT2D eigenvalue weighted by molar-refractivity contribution is 6.30. The second-order valence-electron chi connectivity index (χ2n) is 1.99. The second kappa shape index (κ2) is 2.71. The Morgan fingerprint density at radius 3 is 2.00 bits per heavy atom. The first-order chi connectivity index (χ1) is 4.24. The first kappa shape index (κ1) is 7.09. The quantitative estimate of drug-likeness (QED) is 0.436. The van der Waals surface area contributed by atoms with Crippen molar-refractivity contribution in [1.82, 2.24) is 5.01 Å². The van der Waals surface area contributed by atoms with Crippen molar-refractivity contribution in [1.29, 1.82) is 0 Å². The minimum atomic E-state index is -0.135. The van der Waals surface area contributed by atoms with Crippen molar-refractivity contribution in [2.75, 3.05) is 13.1 Å². The average Bonchev–Trinajstić information content (AvgIpc) is 2.13. The van der Waals surface area contributed by atoms with E-state index in [0.29, 0.717) is 13.1 Å². The van der Waals surface area contributed by atoms with Gasteiger partial charge in [0.2, 0.25) is 0 Å². The Morgan fingerprint density at radius 2 is 1.78 bits per heavy atom. The lowest BCUT2D eigenvalue weighted by Gasteiger charge is -2.01. The standard InChI is InChI=1S/C4H6Cl2N2O/c5-3-1-8(7-9)2-4(3)6/h3-4H,1-2H2. The van der Waals surface area contributed by atoms with Crippen LogP contribution in [0.2, 0.25) is 0 Å². The monoisotopic (exact) mass is 168 g/mol. The first-order valence-corrected chi connectivity index (χ1v) is 3.47. The molecular weight excluding hydrogens is 163 g/mol. The summed E-state index contributed by atoms with van der Waals surface area (Å²) in [4.78, 5) is 9.86. The first-order valence-electron chi connectivity index (χ1n) is 2.60. The molecule has 2 unspecified atom stereocenters. The molecule has 1 rings (SSSR count). The minimum absolute atomic E-state index is 0.135. The van der Waals surface area contributed by atoms with Crippen LogP contribution in [-0.4, -0.2) is 28.9 Å². The molecule has 0 saturated carbocycles. The molecule has 2 atom stereocenters. The predicted octanol–water partition coefficient (Wildman–Crippen LogP) is 1.20. The number of nitrogens with zero attached hydrogens (tertiary/aromatic N) is 2. The summed E-state index contributed by atoms with van der Waals surface area (Å²) < 4.78 is 0. The Labute approximate surface area is 62.9 Å².